The maximum atomic E-state index is 14.2. The molecule has 0 amide bonds. The van der Waals surface area contributed by atoms with E-state index in [4.69, 9.17) is 4.74 Å². The van der Waals surface area contributed by atoms with Crippen LogP contribution < -0.4 is 0 Å². The molecule has 3 nitrogen and oxygen atoms in total. The van der Waals surface area contributed by atoms with Gasteiger partial charge in [0.25, 0.3) is 0 Å². The van der Waals surface area contributed by atoms with Gasteiger partial charge in [-0.2, -0.15) is 0 Å². The largest absolute Gasteiger partial charge is 0.499 e. The number of halogens is 1. The molecule has 2 rings (SSSR count). The van der Waals surface area contributed by atoms with Crippen LogP contribution >= 0.6 is 0 Å². The van der Waals surface area contributed by atoms with Crippen molar-refractivity contribution in [2.75, 3.05) is 13.7 Å². The van der Waals surface area contributed by atoms with E-state index >= 15 is 0 Å². The number of ether oxygens (including phenoxy) is 1. The zero-order valence-corrected chi connectivity index (χ0v) is 12.1. The van der Waals surface area contributed by atoms with Crippen LogP contribution in [0.5, 0.6) is 0 Å². The predicted octanol–water partition coefficient (Wildman–Crippen LogP) is 2.87. The van der Waals surface area contributed by atoms with Crippen LogP contribution in [0, 0.1) is 19.7 Å². The molecule has 1 aromatic rings. The van der Waals surface area contributed by atoms with Crippen LogP contribution in [0.2, 0.25) is 0 Å². The van der Waals surface area contributed by atoms with Gasteiger partial charge < -0.3 is 9.84 Å². The molecule has 0 aromatic heterocycles. The number of hydrogen-bond donors (Lipinski definition) is 1. The van der Waals surface area contributed by atoms with Crippen molar-refractivity contribution in [3.8, 4) is 0 Å². The van der Waals surface area contributed by atoms with Crippen LogP contribution in [-0.4, -0.2) is 31.1 Å². The minimum Gasteiger partial charge on any atom is -0.499 e. The van der Waals surface area contributed by atoms with Gasteiger partial charge in [0.2, 0.25) is 0 Å². The van der Waals surface area contributed by atoms with Gasteiger partial charge in [-0.05, 0) is 48.6 Å². The molecule has 1 N–H and O–H groups in total. The quantitative estimate of drug-likeness (QED) is 0.860. The second-order valence-electron chi connectivity index (χ2n) is 5.15. The van der Waals surface area contributed by atoms with Crippen molar-refractivity contribution in [2.24, 2.45) is 4.99 Å². The Morgan fingerprint density at radius 3 is 2.80 bits per heavy atom. The van der Waals surface area contributed by atoms with E-state index in [1.807, 2.05) is 0 Å². The molecule has 0 saturated carbocycles. The van der Waals surface area contributed by atoms with Gasteiger partial charge in [0.1, 0.15) is 17.6 Å². The number of aliphatic hydroxyl groups excluding tert-OH is 1. The molecule has 0 aliphatic carbocycles. The number of rotatable bonds is 4. The molecule has 1 heterocycles. The second kappa shape index (κ2) is 5.75. The molecule has 0 radical (unpaired) electrons. The first-order valence-electron chi connectivity index (χ1n) is 6.67. The Hall–Kier alpha value is -1.68. The Morgan fingerprint density at radius 2 is 2.20 bits per heavy atom. The molecular weight excluding hydrogens is 257 g/mol. The minimum atomic E-state index is -0.277. The standard InChI is InChI=1S/C16H20FNO2/c1-9-7-12-8-18-16(11(3)20-4)13(5-6-19)14(12)10(2)15(9)17/h7-8,13,16,19H,3,5-6H2,1-2,4H3. The fourth-order valence-electron chi connectivity index (χ4n) is 2.90. The van der Waals surface area contributed by atoms with Gasteiger partial charge in [0.05, 0.1) is 7.11 Å². The number of fused-ring (bicyclic) bond motifs is 1. The van der Waals surface area contributed by atoms with E-state index < -0.39 is 0 Å². The van der Waals surface area contributed by atoms with Gasteiger partial charge in [-0.1, -0.05) is 6.58 Å². The summed E-state index contributed by atoms with van der Waals surface area (Å²) in [5.41, 5.74) is 3.05. The molecule has 108 valence electrons. The number of aryl methyl sites for hydroxylation is 1. The van der Waals surface area contributed by atoms with Crippen LogP contribution in [0.4, 0.5) is 4.39 Å². The SMILES string of the molecule is C=C(OC)C1N=Cc2cc(C)c(F)c(C)c2C1CCO. The Labute approximate surface area is 118 Å². The summed E-state index contributed by atoms with van der Waals surface area (Å²) in [5, 5.41) is 9.32. The molecule has 1 aliphatic heterocycles. The summed E-state index contributed by atoms with van der Waals surface area (Å²) in [6.45, 7) is 7.40. The molecule has 20 heavy (non-hydrogen) atoms. The number of benzene rings is 1. The third-order valence-corrected chi connectivity index (χ3v) is 3.92. The van der Waals surface area contributed by atoms with E-state index in [-0.39, 0.29) is 24.4 Å². The van der Waals surface area contributed by atoms with Crippen LogP contribution in [0.25, 0.3) is 0 Å². The fraction of sp³-hybridized carbons (Fsp3) is 0.438. The Balaban J connectivity index is 2.58. The van der Waals surface area contributed by atoms with Gasteiger partial charge in [0, 0.05) is 18.7 Å². The minimum absolute atomic E-state index is 0.0159. The number of aliphatic imine (C=N–C) groups is 1. The average Bonchev–Trinajstić information content (AvgIpc) is 2.44. The molecule has 0 spiro atoms. The summed E-state index contributed by atoms with van der Waals surface area (Å²) in [5.74, 6) is 0.233. The van der Waals surface area contributed by atoms with Gasteiger partial charge in [-0.3, -0.25) is 4.99 Å². The van der Waals surface area contributed by atoms with Crippen molar-refractivity contribution in [2.45, 2.75) is 32.2 Å². The van der Waals surface area contributed by atoms with E-state index in [1.165, 1.54) is 0 Å². The molecule has 0 bridgehead atoms. The topological polar surface area (TPSA) is 41.8 Å². The lowest BCUT2D eigenvalue weighted by atomic mass is 9.80. The number of methoxy groups -OCH3 is 1. The van der Waals surface area contributed by atoms with Crippen molar-refractivity contribution in [1.82, 2.24) is 0 Å². The zero-order chi connectivity index (χ0) is 14.9. The molecule has 0 saturated heterocycles. The first-order valence-corrected chi connectivity index (χ1v) is 6.67. The molecular formula is C16H20FNO2. The van der Waals surface area contributed by atoms with Crippen LogP contribution in [0.3, 0.4) is 0 Å². The summed E-state index contributed by atoms with van der Waals surface area (Å²) in [4.78, 5) is 4.47. The fourth-order valence-corrected chi connectivity index (χ4v) is 2.90. The number of nitrogens with zero attached hydrogens (tertiary/aromatic N) is 1. The zero-order valence-electron chi connectivity index (χ0n) is 12.1. The highest BCUT2D eigenvalue weighted by molar-refractivity contribution is 5.85. The second-order valence-corrected chi connectivity index (χ2v) is 5.15. The van der Waals surface area contributed by atoms with E-state index in [0.717, 1.165) is 11.1 Å². The maximum Gasteiger partial charge on any atom is 0.129 e. The van der Waals surface area contributed by atoms with Gasteiger partial charge in [-0.15, -0.1) is 0 Å². The highest BCUT2D eigenvalue weighted by atomic mass is 19.1. The summed E-state index contributed by atoms with van der Waals surface area (Å²) in [7, 11) is 1.55. The van der Waals surface area contributed by atoms with Crippen molar-refractivity contribution < 1.29 is 14.2 Å². The highest BCUT2D eigenvalue weighted by Crippen LogP contribution is 2.38. The van der Waals surface area contributed by atoms with E-state index in [1.54, 1.807) is 33.2 Å². The van der Waals surface area contributed by atoms with Gasteiger partial charge in [-0.25, -0.2) is 4.39 Å². The lowest BCUT2D eigenvalue weighted by Crippen LogP contribution is -2.27. The highest BCUT2D eigenvalue weighted by Gasteiger charge is 2.32. The van der Waals surface area contributed by atoms with Crippen molar-refractivity contribution in [3.05, 3.63) is 46.5 Å². The van der Waals surface area contributed by atoms with E-state index in [0.29, 0.717) is 23.3 Å². The first-order chi connectivity index (χ1) is 9.51. The summed E-state index contributed by atoms with van der Waals surface area (Å²) >= 11 is 0. The van der Waals surface area contributed by atoms with Gasteiger partial charge >= 0.3 is 0 Å². The van der Waals surface area contributed by atoms with Crippen LogP contribution in [0.15, 0.2) is 23.4 Å². The molecule has 2 atom stereocenters. The summed E-state index contributed by atoms with van der Waals surface area (Å²) in [6, 6.07) is 1.53. The lowest BCUT2D eigenvalue weighted by molar-refractivity contribution is 0.232. The van der Waals surface area contributed by atoms with Crippen LogP contribution in [-0.2, 0) is 4.74 Å². The number of hydrogen-bond acceptors (Lipinski definition) is 3. The maximum absolute atomic E-state index is 14.2. The molecule has 0 fully saturated rings. The Bertz CT molecular complexity index is 566. The molecule has 4 heteroatoms. The number of aliphatic hydroxyl groups is 1. The van der Waals surface area contributed by atoms with Crippen LogP contribution in [0.1, 0.15) is 34.6 Å². The molecule has 1 aliphatic rings. The normalized spacial score (nSPS) is 20.6. The van der Waals surface area contributed by atoms with Gasteiger partial charge in [0.15, 0.2) is 0 Å². The Kier molecular flexibility index (Phi) is 4.23. The van der Waals surface area contributed by atoms with E-state index in [9.17, 15) is 9.50 Å². The third kappa shape index (κ3) is 2.36. The van der Waals surface area contributed by atoms with Crippen molar-refractivity contribution >= 4 is 6.21 Å². The van der Waals surface area contributed by atoms with Crippen molar-refractivity contribution in [3.63, 3.8) is 0 Å². The average molecular weight is 277 g/mol. The molecule has 1 aromatic carbocycles. The first kappa shape index (κ1) is 14.7. The summed E-state index contributed by atoms with van der Waals surface area (Å²) in [6.07, 6.45) is 2.25. The Morgan fingerprint density at radius 1 is 1.50 bits per heavy atom. The summed E-state index contributed by atoms with van der Waals surface area (Å²) < 4.78 is 19.4. The van der Waals surface area contributed by atoms with E-state index in [2.05, 4.69) is 11.6 Å². The monoisotopic (exact) mass is 277 g/mol. The lowest BCUT2D eigenvalue weighted by Gasteiger charge is -2.31. The van der Waals surface area contributed by atoms with Crippen molar-refractivity contribution in [1.29, 1.82) is 0 Å². The third-order valence-electron chi connectivity index (χ3n) is 3.92. The molecule has 2 unspecified atom stereocenters. The predicted molar refractivity (Wildman–Crippen MR) is 77.8 cm³/mol. The smallest absolute Gasteiger partial charge is 0.129 e.